The predicted octanol–water partition coefficient (Wildman–Crippen LogP) is -0.286. The number of hydrogen-bond acceptors (Lipinski definition) is 5. The van der Waals surface area contributed by atoms with Crippen LogP contribution in [0.2, 0.25) is 0 Å². The highest BCUT2D eigenvalue weighted by atomic mass is 16.4. The fourth-order valence-electron chi connectivity index (χ4n) is 1.36. The van der Waals surface area contributed by atoms with Crippen molar-refractivity contribution >= 4 is 17.8 Å². The smallest absolute Gasteiger partial charge is 0.323 e. The average molecular weight is 284 g/mol. The van der Waals surface area contributed by atoms with Gasteiger partial charge < -0.3 is 15.1 Å². The minimum atomic E-state index is -1.31. The Balaban J connectivity index is 2.97. The van der Waals surface area contributed by atoms with Crippen LogP contribution >= 0.6 is 0 Å². The SMILES string of the molecule is CC(C)(C)c1nc(C(=O)N(CC(=O)O)CC(=O)O)n[nH]1. The second-order valence-electron chi connectivity index (χ2n) is 5.21. The Hall–Kier alpha value is -2.45. The monoisotopic (exact) mass is 284 g/mol. The standard InChI is InChI=1S/C11H16N4O5/c1-11(2,3)10-12-8(13-14-10)9(20)15(4-6(16)17)5-7(18)19/h4-5H2,1-3H3,(H,16,17)(H,18,19)(H,12,13,14). The van der Waals surface area contributed by atoms with Gasteiger partial charge in [-0.3, -0.25) is 19.5 Å². The molecule has 0 aliphatic carbocycles. The van der Waals surface area contributed by atoms with Crippen molar-refractivity contribution in [3.05, 3.63) is 11.6 Å². The molecule has 110 valence electrons. The van der Waals surface area contributed by atoms with E-state index in [0.717, 1.165) is 0 Å². The lowest BCUT2D eigenvalue weighted by Gasteiger charge is -2.16. The maximum absolute atomic E-state index is 12.0. The molecule has 3 N–H and O–H groups in total. The Morgan fingerprint density at radius 2 is 1.65 bits per heavy atom. The first-order chi connectivity index (χ1) is 9.11. The molecule has 0 aliphatic rings. The van der Waals surface area contributed by atoms with Crippen LogP contribution in [0.3, 0.4) is 0 Å². The maximum atomic E-state index is 12.0. The summed E-state index contributed by atoms with van der Waals surface area (Å²) in [7, 11) is 0. The van der Waals surface area contributed by atoms with Crippen LogP contribution in [0.1, 0.15) is 37.2 Å². The van der Waals surface area contributed by atoms with Gasteiger partial charge in [-0.1, -0.05) is 20.8 Å². The van der Waals surface area contributed by atoms with Crippen LogP contribution in [0.25, 0.3) is 0 Å². The van der Waals surface area contributed by atoms with Crippen LogP contribution in [0.4, 0.5) is 0 Å². The summed E-state index contributed by atoms with van der Waals surface area (Å²) in [6, 6.07) is 0. The number of carbonyl (C=O) groups is 3. The Kier molecular flexibility index (Phi) is 4.43. The molecular weight excluding hydrogens is 268 g/mol. The summed E-state index contributed by atoms with van der Waals surface area (Å²) >= 11 is 0. The number of rotatable bonds is 5. The Morgan fingerprint density at radius 1 is 1.15 bits per heavy atom. The second-order valence-corrected chi connectivity index (χ2v) is 5.21. The first-order valence-electron chi connectivity index (χ1n) is 5.77. The molecule has 1 amide bonds. The number of hydrogen-bond donors (Lipinski definition) is 3. The quantitative estimate of drug-likeness (QED) is 0.675. The zero-order valence-corrected chi connectivity index (χ0v) is 11.4. The molecule has 9 heteroatoms. The summed E-state index contributed by atoms with van der Waals surface area (Å²) in [6.07, 6.45) is 0. The Labute approximate surface area is 114 Å². The molecule has 0 bridgehead atoms. The number of aliphatic carboxylic acids is 2. The summed E-state index contributed by atoms with van der Waals surface area (Å²) in [5.74, 6) is -3.28. The molecule has 0 saturated carbocycles. The molecule has 0 unspecified atom stereocenters. The van der Waals surface area contributed by atoms with Crippen molar-refractivity contribution < 1.29 is 24.6 Å². The van der Waals surface area contributed by atoms with Crippen molar-refractivity contribution in [2.45, 2.75) is 26.2 Å². The van der Waals surface area contributed by atoms with Crippen LogP contribution in [0.5, 0.6) is 0 Å². The van der Waals surface area contributed by atoms with E-state index in [4.69, 9.17) is 10.2 Å². The number of nitrogens with zero attached hydrogens (tertiary/aromatic N) is 3. The van der Waals surface area contributed by atoms with Gasteiger partial charge in [-0.2, -0.15) is 0 Å². The van der Waals surface area contributed by atoms with Gasteiger partial charge >= 0.3 is 11.9 Å². The van der Waals surface area contributed by atoms with E-state index in [2.05, 4.69) is 15.2 Å². The molecule has 9 nitrogen and oxygen atoms in total. The molecule has 1 rings (SSSR count). The highest BCUT2D eigenvalue weighted by Crippen LogP contribution is 2.17. The van der Waals surface area contributed by atoms with E-state index in [1.54, 1.807) is 0 Å². The first kappa shape index (κ1) is 15.6. The summed E-state index contributed by atoms with van der Waals surface area (Å²) in [4.78, 5) is 37.9. The summed E-state index contributed by atoms with van der Waals surface area (Å²) in [5.41, 5.74) is -0.365. The number of carboxylic acids is 2. The zero-order valence-electron chi connectivity index (χ0n) is 11.4. The van der Waals surface area contributed by atoms with Gasteiger partial charge in [0.25, 0.3) is 5.91 Å². The molecular formula is C11H16N4O5. The summed E-state index contributed by atoms with van der Waals surface area (Å²) in [6.45, 7) is 4.10. The molecule has 1 heterocycles. The van der Waals surface area contributed by atoms with Gasteiger partial charge in [0.05, 0.1) is 0 Å². The zero-order chi connectivity index (χ0) is 15.5. The topological polar surface area (TPSA) is 136 Å². The van der Waals surface area contributed by atoms with E-state index in [9.17, 15) is 14.4 Å². The number of nitrogens with one attached hydrogen (secondary N) is 1. The predicted molar refractivity (Wildman–Crippen MR) is 66.3 cm³/mol. The maximum Gasteiger partial charge on any atom is 0.323 e. The first-order valence-corrected chi connectivity index (χ1v) is 5.77. The van der Waals surface area contributed by atoms with Crippen molar-refractivity contribution in [2.75, 3.05) is 13.1 Å². The third-order valence-electron chi connectivity index (χ3n) is 2.33. The third kappa shape index (κ3) is 4.04. The molecule has 1 aromatic rings. The van der Waals surface area contributed by atoms with Crippen molar-refractivity contribution in [1.82, 2.24) is 20.1 Å². The van der Waals surface area contributed by atoms with Crippen molar-refractivity contribution in [1.29, 1.82) is 0 Å². The lowest BCUT2D eigenvalue weighted by molar-refractivity contribution is -0.140. The van der Waals surface area contributed by atoms with Gasteiger partial charge in [0, 0.05) is 5.41 Å². The molecule has 20 heavy (non-hydrogen) atoms. The van der Waals surface area contributed by atoms with E-state index in [-0.39, 0.29) is 11.2 Å². The van der Waals surface area contributed by atoms with E-state index in [1.165, 1.54) is 0 Å². The van der Waals surface area contributed by atoms with E-state index >= 15 is 0 Å². The molecule has 0 saturated heterocycles. The molecule has 0 fully saturated rings. The van der Waals surface area contributed by atoms with Gasteiger partial charge in [0.2, 0.25) is 5.82 Å². The van der Waals surface area contributed by atoms with Gasteiger partial charge in [-0.15, -0.1) is 5.10 Å². The Bertz CT molecular complexity index is 515. The van der Waals surface area contributed by atoms with Crippen molar-refractivity contribution in [3.8, 4) is 0 Å². The summed E-state index contributed by atoms with van der Waals surface area (Å²) in [5, 5.41) is 23.7. The van der Waals surface area contributed by atoms with Crippen LogP contribution in [-0.4, -0.2) is 61.2 Å². The van der Waals surface area contributed by atoms with E-state index in [1.807, 2.05) is 20.8 Å². The number of H-pyrrole nitrogens is 1. The lowest BCUT2D eigenvalue weighted by atomic mass is 9.96. The number of carbonyl (C=O) groups excluding carboxylic acids is 1. The Morgan fingerprint density at radius 3 is 2.00 bits per heavy atom. The minimum absolute atomic E-state index is 0.252. The van der Waals surface area contributed by atoms with Gasteiger partial charge in [-0.25, -0.2) is 4.98 Å². The lowest BCUT2D eigenvalue weighted by Crippen LogP contribution is -2.39. The van der Waals surface area contributed by atoms with Crippen molar-refractivity contribution in [3.63, 3.8) is 0 Å². The molecule has 0 spiro atoms. The van der Waals surface area contributed by atoms with E-state index in [0.29, 0.717) is 10.7 Å². The van der Waals surface area contributed by atoms with Crippen molar-refractivity contribution in [2.24, 2.45) is 0 Å². The fraction of sp³-hybridized carbons (Fsp3) is 0.545. The van der Waals surface area contributed by atoms with Crippen LogP contribution in [0.15, 0.2) is 0 Å². The fourth-order valence-corrected chi connectivity index (χ4v) is 1.36. The van der Waals surface area contributed by atoms with Crippen LogP contribution in [0, 0.1) is 0 Å². The number of aromatic amines is 1. The highest BCUT2D eigenvalue weighted by Gasteiger charge is 2.26. The van der Waals surface area contributed by atoms with Gasteiger partial charge in [0.1, 0.15) is 18.9 Å². The number of aromatic nitrogens is 3. The minimum Gasteiger partial charge on any atom is -0.480 e. The summed E-state index contributed by atoms with van der Waals surface area (Å²) < 4.78 is 0. The normalized spacial score (nSPS) is 11.2. The highest BCUT2D eigenvalue weighted by molar-refractivity contribution is 5.94. The molecule has 0 aliphatic heterocycles. The van der Waals surface area contributed by atoms with Gasteiger partial charge in [0.15, 0.2) is 0 Å². The van der Waals surface area contributed by atoms with Gasteiger partial charge in [-0.05, 0) is 0 Å². The third-order valence-corrected chi connectivity index (χ3v) is 2.33. The molecule has 0 aromatic carbocycles. The second kappa shape index (κ2) is 5.68. The molecule has 0 atom stereocenters. The average Bonchev–Trinajstić information content (AvgIpc) is 2.74. The van der Waals surface area contributed by atoms with Crippen LogP contribution < -0.4 is 0 Å². The number of carboxylic acid groups (broad SMARTS) is 2. The number of amides is 1. The largest absolute Gasteiger partial charge is 0.480 e. The molecule has 1 aromatic heterocycles. The van der Waals surface area contributed by atoms with E-state index < -0.39 is 30.9 Å². The molecule has 0 radical (unpaired) electrons. The van der Waals surface area contributed by atoms with Crippen LogP contribution in [-0.2, 0) is 15.0 Å².